The van der Waals surface area contributed by atoms with Gasteiger partial charge in [0.15, 0.2) is 5.75 Å². The van der Waals surface area contributed by atoms with Gasteiger partial charge in [0.05, 0.1) is 5.02 Å². The van der Waals surface area contributed by atoms with Gasteiger partial charge >= 0.3 is 6.16 Å². The Morgan fingerprint density at radius 3 is 2.20 bits per heavy atom. The summed E-state index contributed by atoms with van der Waals surface area (Å²) in [6.45, 7) is 0. The van der Waals surface area contributed by atoms with E-state index in [0.29, 0.717) is 26.9 Å². The fourth-order valence-corrected chi connectivity index (χ4v) is 4.26. The second-order valence-corrected chi connectivity index (χ2v) is 7.69. The molecule has 0 unspecified atom stereocenters. The zero-order valence-corrected chi connectivity index (χ0v) is 17.1. The van der Waals surface area contributed by atoms with Crippen molar-refractivity contribution in [2.24, 2.45) is 0 Å². The van der Waals surface area contributed by atoms with Gasteiger partial charge in [0.2, 0.25) is 0 Å². The molecule has 146 valence electrons. The van der Waals surface area contributed by atoms with Crippen LogP contribution < -0.4 is 9.47 Å². The number of halogens is 2. The molecule has 5 aromatic rings. The fourth-order valence-electron chi connectivity index (χ4n) is 3.66. The van der Waals surface area contributed by atoms with Gasteiger partial charge < -0.3 is 9.47 Å². The van der Waals surface area contributed by atoms with E-state index in [9.17, 15) is 4.79 Å². The van der Waals surface area contributed by atoms with Crippen molar-refractivity contribution in [3.63, 3.8) is 0 Å². The third-order valence-corrected chi connectivity index (χ3v) is 5.47. The molecule has 0 radical (unpaired) electrons. The van der Waals surface area contributed by atoms with E-state index < -0.39 is 6.16 Å². The zero-order valence-electron chi connectivity index (χ0n) is 15.6. The van der Waals surface area contributed by atoms with Crippen LogP contribution in [0.4, 0.5) is 4.79 Å². The molecular weight excluding hydrogens is 419 g/mol. The minimum Gasteiger partial charge on any atom is -0.394 e. The molecule has 30 heavy (non-hydrogen) atoms. The first-order valence-electron chi connectivity index (χ1n) is 9.28. The van der Waals surface area contributed by atoms with Crippen LogP contribution in [-0.2, 0) is 0 Å². The number of ether oxygens (including phenoxy) is 2. The standard InChI is InChI=1S/C25H14Cl2O3/c26-18-13-17-12-16-7-2-4-10-20(16)24(23(17)21(27)14-18)30-25(28)29-22-11-5-8-15-6-1-3-9-19(15)22/h1-14H. The molecule has 0 spiro atoms. The van der Waals surface area contributed by atoms with Gasteiger partial charge in [-0.2, -0.15) is 0 Å². The highest BCUT2D eigenvalue weighted by atomic mass is 35.5. The van der Waals surface area contributed by atoms with Crippen molar-refractivity contribution < 1.29 is 14.3 Å². The summed E-state index contributed by atoms with van der Waals surface area (Å²) in [6, 6.07) is 26.2. The van der Waals surface area contributed by atoms with Gasteiger partial charge in [0.25, 0.3) is 0 Å². The number of fused-ring (bicyclic) bond motifs is 3. The summed E-state index contributed by atoms with van der Waals surface area (Å²) in [7, 11) is 0. The normalized spacial score (nSPS) is 11.1. The van der Waals surface area contributed by atoms with E-state index in [1.165, 1.54) is 0 Å². The Kier molecular flexibility index (Phi) is 4.70. The van der Waals surface area contributed by atoms with Gasteiger partial charge in [0, 0.05) is 21.2 Å². The number of benzene rings is 5. The van der Waals surface area contributed by atoms with Crippen LogP contribution in [0.25, 0.3) is 32.3 Å². The lowest BCUT2D eigenvalue weighted by Crippen LogP contribution is -2.14. The Hall–Kier alpha value is -3.27. The highest BCUT2D eigenvalue weighted by Gasteiger charge is 2.18. The van der Waals surface area contributed by atoms with Crippen molar-refractivity contribution in [2.75, 3.05) is 0 Å². The lowest BCUT2D eigenvalue weighted by molar-refractivity contribution is 0.153. The van der Waals surface area contributed by atoms with Crippen molar-refractivity contribution in [1.82, 2.24) is 0 Å². The average Bonchev–Trinajstić information content (AvgIpc) is 2.73. The van der Waals surface area contributed by atoms with Gasteiger partial charge in [-0.1, -0.05) is 83.9 Å². The van der Waals surface area contributed by atoms with Crippen LogP contribution in [0.5, 0.6) is 11.5 Å². The first-order chi connectivity index (χ1) is 14.6. The molecule has 0 N–H and O–H groups in total. The molecule has 5 heteroatoms. The summed E-state index contributed by atoms with van der Waals surface area (Å²) in [6.07, 6.45) is -0.838. The van der Waals surface area contributed by atoms with Crippen molar-refractivity contribution in [3.05, 3.63) is 95.0 Å². The molecule has 0 aromatic heterocycles. The predicted molar refractivity (Wildman–Crippen MR) is 122 cm³/mol. The Labute approximate surface area is 182 Å². The Bertz CT molecular complexity index is 1440. The Balaban J connectivity index is 1.61. The van der Waals surface area contributed by atoms with Gasteiger partial charge in [-0.15, -0.1) is 0 Å². The van der Waals surface area contributed by atoms with E-state index in [1.54, 1.807) is 18.2 Å². The van der Waals surface area contributed by atoms with Crippen molar-refractivity contribution in [1.29, 1.82) is 0 Å². The summed E-state index contributed by atoms with van der Waals surface area (Å²) in [5.41, 5.74) is 0. The molecule has 0 saturated heterocycles. The fraction of sp³-hybridized carbons (Fsp3) is 0. The minimum absolute atomic E-state index is 0.343. The van der Waals surface area contributed by atoms with Crippen LogP contribution in [0.3, 0.4) is 0 Å². The molecule has 0 atom stereocenters. The summed E-state index contributed by atoms with van der Waals surface area (Å²) in [4.78, 5) is 12.8. The first kappa shape index (κ1) is 18.7. The van der Waals surface area contributed by atoms with Crippen LogP contribution in [0, 0.1) is 0 Å². The van der Waals surface area contributed by atoms with Crippen LogP contribution in [-0.4, -0.2) is 6.16 Å². The zero-order chi connectivity index (χ0) is 20.7. The summed E-state index contributed by atoms with van der Waals surface area (Å²) < 4.78 is 11.3. The van der Waals surface area contributed by atoms with Crippen molar-refractivity contribution in [2.45, 2.75) is 0 Å². The number of carbonyl (C=O) groups excluding carboxylic acids is 1. The van der Waals surface area contributed by atoms with E-state index in [2.05, 4.69) is 0 Å². The third kappa shape index (κ3) is 3.32. The van der Waals surface area contributed by atoms with E-state index in [0.717, 1.165) is 26.9 Å². The molecule has 0 heterocycles. The molecule has 0 amide bonds. The highest BCUT2D eigenvalue weighted by Crippen LogP contribution is 2.40. The van der Waals surface area contributed by atoms with Gasteiger partial charge in [-0.25, -0.2) is 4.79 Å². The Morgan fingerprint density at radius 1 is 0.667 bits per heavy atom. The molecule has 0 saturated carbocycles. The van der Waals surface area contributed by atoms with Crippen LogP contribution in [0.15, 0.2) is 84.9 Å². The number of rotatable bonds is 2. The van der Waals surface area contributed by atoms with Crippen LogP contribution in [0.1, 0.15) is 0 Å². The maximum absolute atomic E-state index is 12.8. The topological polar surface area (TPSA) is 35.5 Å². The molecule has 0 aliphatic rings. The highest BCUT2D eigenvalue weighted by molar-refractivity contribution is 6.39. The largest absolute Gasteiger partial charge is 0.519 e. The SMILES string of the molecule is O=C(Oc1cccc2ccccc12)Oc1c2ccccc2cc2cc(Cl)cc(Cl)c12. The maximum atomic E-state index is 12.8. The monoisotopic (exact) mass is 432 g/mol. The van der Waals surface area contributed by atoms with Gasteiger partial charge in [-0.05, 0) is 40.4 Å². The number of hydrogen-bond acceptors (Lipinski definition) is 3. The van der Waals surface area contributed by atoms with Crippen LogP contribution in [0.2, 0.25) is 10.0 Å². The van der Waals surface area contributed by atoms with E-state index in [1.807, 2.05) is 66.7 Å². The third-order valence-electron chi connectivity index (χ3n) is 4.96. The molecular formula is C25H14Cl2O3. The van der Waals surface area contributed by atoms with E-state index in [4.69, 9.17) is 32.7 Å². The summed E-state index contributed by atoms with van der Waals surface area (Å²) in [5, 5.41) is 5.73. The Morgan fingerprint density at radius 2 is 1.37 bits per heavy atom. The van der Waals surface area contributed by atoms with E-state index >= 15 is 0 Å². The second kappa shape index (κ2) is 7.52. The van der Waals surface area contributed by atoms with E-state index in [-0.39, 0.29) is 0 Å². The maximum Gasteiger partial charge on any atom is 0.519 e. The molecule has 0 aliphatic carbocycles. The van der Waals surface area contributed by atoms with Gasteiger partial charge in [0.1, 0.15) is 5.75 Å². The number of hydrogen-bond donors (Lipinski definition) is 0. The summed E-state index contributed by atoms with van der Waals surface area (Å²) in [5.74, 6) is 0.770. The quantitative estimate of drug-likeness (QED) is 0.161. The lowest BCUT2D eigenvalue weighted by Gasteiger charge is -2.14. The lowest BCUT2D eigenvalue weighted by atomic mass is 10.0. The first-order valence-corrected chi connectivity index (χ1v) is 10.0. The average molecular weight is 433 g/mol. The molecule has 3 nitrogen and oxygen atoms in total. The summed E-state index contributed by atoms with van der Waals surface area (Å²) >= 11 is 12.7. The minimum atomic E-state index is -0.838. The molecule has 0 fully saturated rings. The molecule has 0 aliphatic heterocycles. The van der Waals surface area contributed by atoms with Gasteiger partial charge in [-0.3, -0.25) is 0 Å². The second-order valence-electron chi connectivity index (χ2n) is 6.84. The van der Waals surface area contributed by atoms with Crippen LogP contribution >= 0.6 is 23.2 Å². The van der Waals surface area contributed by atoms with Crippen molar-refractivity contribution in [3.8, 4) is 11.5 Å². The van der Waals surface area contributed by atoms with Crippen molar-refractivity contribution >= 4 is 61.7 Å². The number of carbonyl (C=O) groups is 1. The molecule has 5 aromatic carbocycles. The predicted octanol–water partition coefficient (Wildman–Crippen LogP) is 8.03. The molecule has 5 rings (SSSR count). The molecule has 0 bridgehead atoms. The smallest absolute Gasteiger partial charge is 0.394 e.